The molecule has 1 aromatic rings. The van der Waals surface area contributed by atoms with E-state index in [1.165, 1.54) is 10.5 Å². The molecule has 0 spiro atoms. The number of halogens is 1. The van der Waals surface area contributed by atoms with Crippen LogP contribution in [0.25, 0.3) is 0 Å². The molecule has 5 atom stereocenters. The van der Waals surface area contributed by atoms with Gasteiger partial charge in [0.2, 0.25) is 11.8 Å². The van der Waals surface area contributed by atoms with Crippen molar-refractivity contribution in [1.29, 1.82) is 0 Å². The molecule has 0 radical (unpaired) electrons. The van der Waals surface area contributed by atoms with Crippen LogP contribution in [-0.4, -0.2) is 59.1 Å². The largest absolute Gasteiger partial charge is 0.457 e. The van der Waals surface area contributed by atoms with Crippen LogP contribution in [-0.2, 0) is 25.3 Å². The summed E-state index contributed by atoms with van der Waals surface area (Å²) < 4.78 is 12.8. The first-order valence-corrected chi connectivity index (χ1v) is 17.9. The maximum Gasteiger partial charge on any atom is 0.457 e. The number of allylic oxidation sites excluding steroid dienone is 1. The van der Waals surface area contributed by atoms with Crippen LogP contribution < -0.4 is 0 Å². The highest BCUT2D eigenvalue weighted by atomic mass is 79.9. The third kappa shape index (κ3) is 12.3. The minimum atomic E-state index is -0.497. The second-order valence-corrected chi connectivity index (χ2v) is 12.8. The van der Waals surface area contributed by atoms with E-state index in [1.54, 1.807) is 0 Å². The van der Waals surface area contributed by atoms with Crippen LogP contribution in [0, 0.1) is 11.8 Å². The number of amides is 2. The van der Waals surface area contributed by atoms with Gasteiger partial charge in [-0.1, -0.05) is 96.8 Å². The average molecular weight is 659 g/mol. The summed E-state index contributed by atoms with van der Waals surface area (Å²) in [6.07, 6.45) is 20.1. The van der Waals surface area contributed by atoms with Gasteiger partial charge in [-0.3, -0.25) is 14.5 Å². The molecule has 0 aromatic heterocycles. The molecule has 1 aliphatic carbocycles. The molecular weight excluding hydrogens is 605 g/mol. The summed E-state index contributed by atoms with van der Waals surface area (Å²) in [6.45, 7) is 4.50. The molecule has 8 heteroatoms. The van der Waals surface area contributed by atoms with Crippen molar-refractivity contribution >= 4 is 34.9 Å². The number of benzene rings is 1. The Balaban J connectivity index is 1.49. The summed E-state index contributed by atoms with van der Waals surface area (Å²) in [5.41, 5.74) is 1.24. The fourth-order valence-electron chi connectivity index (χ4n) is 6.18. The molecule has 2 fully saturated rings. The topological polar surface area (TPSA) is 76.1 Å². The van der Waals surface area contributed by atoms with Gasteiger partial charge in [-0.25, -0.2) is 0 Å². The zero-order valence-electron chi connectivity index (χ0n) is 26.4. The quantitative estimate of drug-likeness (QED) is 0.0673. The van der Waals surface area contributed by atoms with Gasteiger partial charge < -0.3 is 14.4 Å². The molecule has 1 saturated heterocycles. The van der Waals surface area contributed by atoms with Crippen molar-refractivity contribution in [3.63, 3.8) is 0 Å². The number of fused-ring (bicyclic) bond motifs is 2. The van der Waals surface area contributed by atoms with Gasteiger partial charge in [0.1, 0.15) is 0 Å². The van der Waals surface area contributed by atoms with Crippen LogP contribution in [0.5, 0.6) is 0 Å². The predicted octanol–water partition coefficient (Wildman–Crippen LogP) is 7.69. The molecule has 3 rings (SSSR count). The molecular formula is C35H53BBrNO5. The number of carbonyl (C=O) groups excluding carboxylic acids is 2. The smallest absolute Gasteiger partial charge is 0.408 e. The SMILES string of the molecule is CCCCB1OC2CC(O1)[C@H](C=CCCCCC(=O)N(CC)C(=O)CCCCCBr)[C@@H]2/C=C/[C@@H](O)CCc1ccccc1. The summed E-state index contributed by atoms with van der Waals surface area (Å²) in [5.74, 6) is 0.271. The van der Waals surface area contributed by atoms with Gasteiger partial charge in [-0.15, -0.1) is 0 Å². The molecule has 1 heterocycles. The van der Waals surface area contributed by atoms with Crippen molar-refractivity contribution in [2.45, 2.75) is 122 Å². The van der Waals surface area contributed by atoms with Gasteiger partial charge in [0.05, 0.1) is 18.3 Å². The Morgan fingerprint density at radius 3 is 2.30 bits per heavy atom. The minimum Gasteiger partial charge on any atom is -0.408 e. The number of aryl methyl sites for hydroxylation is 1. The van der Waals surface area contributed by atoms with Crippen molar-refractivity contribution in [3.05, 3.63) is 60.2 Å². The third-order valence-electron chi connectivity index (χ3n) is 8.65. The second kappa shape index (κ2) is 20.3. The van der Waals surface area contributed by atoms with E-state index in [-0.39, 0.29) is 43.0 Å². The van der Waals surface area contributed by atoms with Crippen LogP contribution in [0.1, 0.15) is 96.5 Å². The van der Waals surface area contributed by atoms with Gasteiger partial charge in [-0.05, 0) is 70.2 Å². The monoisotopic (exact) mass is 657 g/mol. The number of alkyl halides is 1. The maximum atomic E-state index is 12.7. The molecule has 238 valence electrons. The Bertz CT molecular complexity index is 1010. The van der Waals surface area contributed by atoms with Gasteiger partial charge in [0.25, 0.3) is 0 Å². The van der Waals surface area contributed by atoms with Gasteiger partial charge >= 0.3 is 7.12 Å². The Kier molecular flexibility index (Phi) is 16.9. The van der Waals surface area contributed by atoms with Crippen molar-refractivity contribution in [2.75, 3.05) is 11.9 Å². The third-order valence-corrected chi connectivity index (χ3v) is 9.21. The number of imide groups is 1. The highest BCUT2D eigenvalue weighted by molar-refractivity contribution is 9.09. The van der Waals surface area contributed by atoms with Crippen LogP contribution in [0.15, 0.2) is 54.6 Å². The second-order valence-electron chi connectivity index (χ2n) is 12.0. The summed E-state index contributed by atoms with van der Waals surface area (Å²) >= 11 is 3.42. The van der Waals surface area contributed by atoms with E-state index in [2.05, 4.69) is 53.2 Å². The lowest BCUT2D eigenvalue weighted by Gasteiger charge is -2.27. The number of nitrogens with zero attached hydrogens (tertiary/aromatic N) is 1. The molecule has 1 aliphatic heterocycles. The van der Waals surface area contributed by atoms with Crippen molar-refractivity contribution in [3.8, 4) is 0 Å². The van der Waals surface area contributed by atoms with Crippen molar-refractivity contribution in [2.24, 2.45) is 11.8 Å². The molecule has 1 N–H and O–H groups in total. The summed E-state index contributed by atoms with van der Waals surface area (Å²) in [4.78, 5) is 26.6. The Morgan fingerprint density at radius 2 is 1.65 bits per heavy atom. The Hall–Kier alpha value is -1.74. The Labute approximate surface area is 268 Å². The molecule has 1 saturated carbocycles. The lowest BCUT2D eigenvalue weighted by atomic mass is 9.80. The highest BCUT2D eigenvalue weighted by Gasteiger charge is 2.48. The van der Waals surface area contributed by atoms with E-state index in [9.17, 15) is 14.7 Å². The molecule has 2 aliphatic rings. The van der Waals surface area contributed by atoms with E-state index in [0.29, 0.717) is 25.8 Å². The van der Waals surface area contributed by atoms with Crippen LogP contribution in [0.2, 0.25) is 6.32 Å². The molecule has 2 amide bonds. The standard InChI is InChI=1S/C35H53BBrNO5/c1-3-5-25-36-42-32-27-33(43-36)31(24-23-29(39)22-21-28-16-10-8-11-17-28)30(32)18-12-6-7-13-19-34(40)38(4-2)35(41)20-14-9-15-26-37/h8,10-12,16-18,23-24,29-33,39H,3-7,9,13-15,19-22,25-27H2,1-2H3/b18-12?,24-23+/t29-,30+,31-,32?,33?/m0/s1. The maximum absolute atomic E-state index is 12.7. The average Bonchev–Trinajstić information content (AvgIpc) is 3.26. The fourth-order valence-corrected chi connectivity index (χ4v) is 6.57. The van der Waals surface area contributed by atoms with E-state index >= 15 is 0 Å². The molecule has 2 unspecified atom stereocenters. The van der Waals surface area contributed by atoms with E-state index in [4.69, 9.17) is 9.31 Å². The van der Waals surface area contributed by atoms with E-state index < -0.39 is 6.10 Å². The van der Waals surface area contributed by atoms with Gasteiger partial charge in [0.15, 0.2) is 0 Å². The molecule has 6 nitrogen and oxygen atoms in total. The number of aliphatic hydroxyl groups excluding tert-OH is 1. The van der Waals surface area contributed by atoms with Crippen LogP contribution in [0.4, 0.5) is 0 Å². The lowest BCUT2D eigenvalue weighted by Crippen LogP contribution is -2.37. The van der Waals surface area contributed by atoms with Crippen molar-refractivity contribution < 1.29 is 24.0 Å². The molecule has 43 heavy (non-hydrogen) atoms. The Morgan fingerprint density at radius 1 is 0.977 bits per heavy atom. The molecule has 2 bridgehead atoms. The summed E-state index contributed by atoms with van der Waals surface area (Å²) in [5, 5.41) is 11.7. The van der Waals surface area contributed by atoms with Gasteiger partial charge in [0, 0.05) is 36.6 Å². The number of rotatable bonds is 20. The minimum absolute atomic E-state index is 0.0435. The predicted molar refractivity (Wildman–Crippen MR) is 179 cm³/mol. The lowest BCUT2D eigenvalue weighted by molar-refractivity contribution is -0.144. The summed E-state index contributed by atoms with van der Waals surface area (Å²) in [6, 6.07) is 10.3. The van der Waals surface area contributed by atoms with E-state index in [0.717, 1.165) is 75.9 Å². The highest BCUT2D eigenvalue weighted by Crippen LogP contribution is 2.43. The first-order chi connectivity index (χ1) is 21.0. The summed E-state index contributed by atoms with van der Waals surface area (Å²) in [7, 11) is -0.152. The number of unbranched alkanes of at least 4 members (excludes halogenated alkanes) is 5. The van der Waals surface area contributed by atoms with Gasteiger partial charge in [-0.2, -0.15) is 0 Å². The normalized spacial score (nSPS) is 22.5. The van der Waals surface area contributed by atoms with Crippen LogP contribution in [0.3, 0.4) is 0 Å². The zero-order valence-corrected chi connectivity index (χ0v) is 28.0. The number of carbonyl (C=O) groups is 2. The van der Waals surface area contributed by atoms with Crippen molar-refractivity contribution in [1.82, 2.24) is 4.90 Å². The first kappa shape index (κ1) is 35.7. The number of hydrogen-bond acceptors (Lipinski definition) is 5. The zero-order chi connectivity index (χ0) is 30.9. The van der Waals surface area contributed by atoms with Crippen LogP contribution >= 0.6 is 15.9 Å². The fraction of sp³-hybridized carbons (Fsp3) is 0.657. The molecule has 1 aromatic carbocycles. The first-order valence-electron chi connectivity index (χ1n) is 16.7. The number of hydrogen-bond donors (Lipinski definition) is 1. The number of aliphatic hydroxyl groups is 1. The van der Waals surface area contributed by atoms with E-state index in [1.807, 2.05) is 31.2 Å².